The fourth-order valence-corrected chi connectivity index (χ4v) is 3.27. The summed E-state index contributed by atoms with van der Waals surface area (Å²) in [5.41, 5.74) is 6.13. The molecule has 0 amide bonds. The van der Waals surface area contributed by atoms with Gasteiger partial charge in [0.05, 0.1) is 11.3 Å². The molecule has 2 aliphatic heterocycles. The van der Waals surface area contributed by atoms with Crippen molar-refractivity contribution in [1.82, 2.24) is 25.6 Å². The number of hydrazine groups is 1. The highest BCUT2D eigenvalue weighted by molar-refractivity contribution is 6.01. The van der Waals surface area contributed by atoms with Gasteiger partial charge in [-0.15, -0.1) is 0 Å². The summed E-state index contributed by atoms with van der Waals surface area (Å²) < 4.78 is 5.23. The molecule has 1 unspecified atom stereocenters. The van der Waals surface area contributed by atoms with Gasteiger partial charge in [0.15, 0.2) is 23.3 Å². The fourth-order valence-electron chi connectivity index (χ4n) is 3.27. The number of aliphatic imine (C=N–C) groups is 1. The van der Waals surface area contributed by atoms with Gasteiger partial charge >= 0.3 is 0 Å². The highest BCUT2D eigenvalue weighted by atomic mass is 16.5. The minimum atomic E-state index is -0.206. The first-order valence-electron chi connectivity index (χ1n) is 8.55. The summed E-state index contributed by atoms with van der Waals surface area (Å²) in [7, 11) is 0. The average molecular weight is 360 g/mol. The molecule has 2 aliphatic rings. The second-order valence-electron chi connectivity index (χ2n) is 6.50. The fraction of sp³-hybridized carbons (Fsp3) is 0.158. The second-order valence-corrected chi connectivity index (χ2v) is 6.50. The number of para-hydroxylation sites is 1. The molecule has 5 rings (SSSR count). The minimum Gasteiger partial charge on any atom is -0.352 e. The van der Waals surface area contributed by atoms with Crippen molar-refractivity contribution >= 4 is 22.3 Å². The standard InChI is InChI=1S/C19H16N6O2/c1-10-16(21-14-6-4-3-5-13(14)17(10)26)18-22-15-8-7-12(9-25(15)23-18)19-20-11(2)24-27-19/h3-9,15H,1-2H3,(H,21,26)(H,22,23). The van der Waals surface area contributed by atoms with E-state index in [9.17, 15) is 4.79 Å². The van der Waals surface area contributed by atoms with Crippen molar-refractivity contribution in [2.45, 2.75) is 20.0 Å². The van der Waals surface area contributed by atoms with Crippen molar-refractivity contribution in [3.05, 3.63) is 75.8 Å². The predicted molar refractivity (Wildman–Crippen MR) is 101 cm³/mol. The van der Waals surface area contributed by atoms with Gasteiger partial charge in [-0.05, 0) is 38.1 Å². The van der Waals surface area contributed by atoms with E-state index in [0.29, 0.717) is 34.2 Å². The molecule has 4 heterocycles. The van der Waals surface area contributed by atoms with Gasteiger partial charge in [-0.3, -0.25) is 15.2 Å². The summed E-state index contributed by atoms with van der Waals surface area (Å²) in [6.45, 7) is 3.58. The van der Waals surface area contributed by atoms with Crippen LogP contribution in [-0.2, 0) is 0 Å². The largest absolute Gasteiger partial charge is 0.352 e. The Morgan fingerprint density at radius 3 is 2.89 bits per heavy atom. The molecular formula is C19H16N6O2. The van der Waals surface area contributed by atoms with Crippen LogP contribution in [0.5, 0.6) is 0 Å². The normalized spacial score (nSPS) is 18.3. The van der Waals surface area contributed by atoms with Gasteiger partial charge in [0.1, 0.15) is 0 Å². The molecule has 0 bridgehead atoms. The van der Waals surface area contributed by atoms with E-state index >= 15 is 0 Å². The maximum Gasteiger partial charge on any atom is 0.259 e. The molecule has 2 N–H and O–H groups in total. The molecule has 0 saturated heterocycles. The van der Waals surface area contributed by atoms with Gasteiger partial charge < -0.3 is 9.51 Å². The third-order valence-corrected chi connectivity index (χ3v) is 4.67. The molecule has 1 atom stereocenters. The van der Waals surface area contributed by atoms with Crippen LogP contribution in [0.25, 0.3) is 16.5 Å². The van der Waals surface area contributed by atoms with Crippen LogP contribution in [0, 0.1) is 13.8 Å². The van der Waals surface area contributed by atoms with Gasteiger partial charge in [0, 0.05) is 22.7 Å². The zero-order valence-corrected chi connectivity index (χ0v) is 14.7. The molecule has 0 spiro atoms. The van der Waals surface area contributed by atoms with Crippen molar-refractivity contribution in [2.24, 2.45) is 4.99 Å². The van der Waals surface area contributed by atoms with Crippen LogP contribution in [0.4, 0.5) is 0 Å². The number of aromatic nitrogens is 3. The Morgan fingerprint density at radius 1 is 1.22 bits per heavy atom. The van der Waals surface area contributed by atoms with E-state index in [1.54, 1.807) is 13.8 Å². The van der Waals surface area contributed by atoms with E-state index in [4.69, 9.17) is 4.52 Å². The number of allylic oxidation sites excluding steroid dienone is 2. The molecular weight excluding hydrogens is 344 g/mol. The second kappa shape index (κ2) is 5.66. The molecule has 0 aliphatic carbocycles. The Morgan fingerprint density at radius 2 is 2.07 bits per heavy atom. The molecule has 3 aromatic rings. The molecule has 0 fully saturated rings. The monoisotopic (exact) mass is 360 g/mol. The SMILES string of the molecule is Cc1noc(C2=CN3NC(c4[nH]c5ccccc5c(=O)c4C)=NC3C=C2)n1. The summed E-state index contributed by atoms with van der Waals surface area (Å²) in [4.78, 5) is 25.0. The molecule has 8 nitrogen and oxygen atoms in total. The maximum absolute atomic E-state index is 12.7. The molecule has 0 saturated carbocycles. The third kappa shape index (κ3) is 2.45. The van der Waals surface area contributed by atoms with Crippen molar-refractivity contribution in [1.29, 1.82) is 0 Å². The van der Waals surface area contributed by atoms with Crippen LogP contribution in [0.15, 0.2) is 56.9 Å². The van der Waals surface area contributed by atoms with E-state index in [1.807, 2.05) is 47.6 Å². The molecule has 134 valence electrons. The van der Waals surface area contributed by atoms with Crippen LogP contribution >= 0.6 is 0 Å². The van der Waals surface area contributed by atoms with Crippen LogP contribution in [-0.4, -0.2) is 32.1 Å². The lowest BCUT2D eigenvalue weighted by Gasteiger charge is -2.22. The number of nitrogens with one attached hydrogen (secondary N) is 2. The lowest BCUT2D eigenvalue weighted by Crippen LogP contribution is -2.38. The van der Waals surface area contributed by atoms with Gasteiger partial charge in [0.2, 0.25) is 0 Å². The topological polar surface area (TPSA) is 99.4 Å². The molecule has 0 radical (unpaired) electrons. The minimum absolute atomic E-state index is 0.00169. The predicted octanol–water partition coefficient (Wildman–Crippen LogP) is 2.03. The Kier molecular flexibility index (Phi) is 3.27. The Labute approximate surface area is 153 Å². The Balaban J connectivity index is 1.52. The highest BCUT2D eigenvalue weighted by Gasteiger charge is 2.28. The van der Waals surface area contributed by atoms with Crippen LogP contribution in [0.2, 0.25) is 0 Å². The molecule has 27 heavy (non-hydrogen) atoms. The number of fused-ring (bicyclic) bond motifs is 2. The number of rotatable bonds is 2. The van der Waals surface area contributed by atoms with Crippen molar-refractivity contribution in [3.63, 3.8) is 0 Å². The number of benzene rings is 1. The number of H-pyrrole nitrogens is 1. The van der Waals surface area contributed by atoms with Crippen molar-refractivity contribution in [2.75, 3.05) is 0 Å². The summed E-state index contributed by atoms with van der Waals surface area (Å²) in [6.07, 6.45) is 5.49. The number of hydrogen-bond acceptors (Lipinski definition) is 7. The van der Waals surface area contributed by atoms with Crippen molar-refractivity contribution < 1.29 is 4.52 Å². The van der Waals surface area contributed by atoms with Crippen molar-refractivity contribution in [3.8, 4) is 0 Å². The zero-order chi connectivity index (χ0) is 18.5. The lowest BCUT2D eigenvalue weighted by atomic mass is 10.1. The number of hydrogen-bond donors (Lipinski definition) is 2. The number of aromatic amines is 1. The smallest absolute Gasteiger partial charge is 0.259 e. The van der Waals surface area contributed by atoms with Crippen LogP contribution in [0.3, 0.4) is 0 Å². The number of nitrogens with zero attached hydrogens (tertiary/aromatic N) is 4. The molecule has 1 aromatic carbocycles. The van der Waals surface area contributed by atoms with Crippen LogP contribution in [0.1, 0.15) is 23.0 Å². The van der Waals surface area contributed by atoms with E-state index in [0.717, 1.165) is 11.1 Å². The Hall–Kier alpha value is -3.68. The molecule has 8 heteroatoms. The first-order chi connectivity index (χ1) is 13.1. The quantitative estimate of drug-likeness (QED) is 0.725. The number of pyridine rings is 1. The lowest BCUT2D eigenvalue weighted by molar-refractivity contribution is 0.314. The van der Waals surface area contributed by atoms with E-state index in [2.05, 4.69) is 25.5 Å². The van der Waals surface area contributed by atoms with Gasteiger partial charge in [-0.25, -0.2) is 4.99 Å². The van der Waals surface area contributed by atoms with Crippen LogP contribution < -0.4 is 10.9 Å². The van der Waals surface area contributed by atoms with Gasteiger partial charge in [-0.1, -0.05) is 17.3 Å². The summed E-state index contributed by atoms with van der Waals surface area (Å²) in [5.74, 6) is 1.65. The van der Waals surface area contributed by atoms with Gasteiger partial charge in [-0.2, -0.15) is 4.98 Å². The van der Waals surface area contributed by atoms with E-state index < -0.39 is 0 Å². The first-order valence-corrected chi connectivity index (χ1v) is 8.55. The van der Waals surface area contributed by atoms with E-state index in [1.165, 1.54) is 0 Å². The summed E-state index contributed by atoms with van der Waals surface area (Å²) in [5, 5.41) is 6.34. The summed E-state index contributed by atoms with van der Waals surface area (Å²) >= 11 is 0. The highest BCUT2D eigenvalue weighted by Crippen LogP contribution is 2.24. The number of amidine groups is 1. The number of aryl methyl sites for hydroxylation is 1. The zero-order valence-electron chi connectivity index (χ0n) is 14.7. The van der Waals surface area contributed by atoms with Gasteiger partial charge in [0.25, 0.3) is 5.89 Å². The average Bonchev–Trinajstić information content (AvgIpc) is 3.30. The maximum atomic E-state index is 12.7. The summed E-state index contributed by atoms with van der Waals surface area (Å²) in [6, 6.07) is 7.47. The first kappa shape index (κ1) is 15.6. The van der Waals surface area contributed by atoms with E-state index in [-0.39, 0.29) is 11.6 Å². The molecule has 2 aromatic heterocycles. The third-order valence-electron chi connectivity index (χ3n) is 4.67. The Bertz CT molecular complexity index is 1220.